The Balaban J connectivity index is 0.000000479. The molecule has 0 atom stereocenters. The lowest BCUT2D eigenvalue weighted by Gasteiger charge is -2.32. The van der Waals surface area contributed by atoms with E-state index in [1.54, 1.807) is 0 Å². The molecular weight excluding hydrogens is 455 g/mol. The molecular formula is C22H32F3N5O2S. The lowest BCUT2D eigenvalue weighted by molar-refractivity contribution is -0.139. The van der Waals surface area contributed by atoms with Gasteiger partial charge in [0.25, 0.3) is 5.91 Å². The van der Waals surface area contributed by atoms with E-state index in [0.29, 0.717) is 31.1 Å². The molecule has 0 radical (unpaired) electrons. The number of aromatic nitrogens is 1. The molecule has 184 valence electrons. The highest BCUT2D eigenvalue weighted by Gasteiger charge is 2.35. The second-order valence-corrected chi connectivity index (χ2v) is 8.47. The van der Waals surface area contributed by atoms with E-state index in [2.05, 4.69) is 30.7 Å². The number of primary amides is 1. The van der Waals surface area contributed by atoms with Crippen molar-refractivity contribution in [1.82, 2.24) is 9.88 Å². The van der Waals surface area contributed by atoms with Gasteiger partial charge in [-0.1, -0.05) is 44.2 Å². The van der Waals surface area contributed by atoms with E-state index in [4.69, 9.17) is 16.2 Å². The molecule has 33 heavy (non-hydrogen) atoms. The smallest absolute Gasteiger partial charge is 0.419 e. The topological polar surface area (TPSA) is 97.7 Å². The molecule has 4 N–H and O–H groups in total. The van der Waals surface area contributed by atoms with Gasteiger partial charge in [0.05, 0.1) is 5.56 Å². The number of ether oxygens (including phenoxy) is 1. The van der Waals surface area contributed by atoms with Gasteiger partial charge in [0.1, 0.15) is 22.5 Å². The summed E-state index contributed by atoms with van der Waals surface area (Å²) >= 11 is 1.11. The fourth-order valence-electron chi connectivity index (χ4n) is 3.45. The van der Waals surface area contributed by atoms with Gasteiger partial charge >= 0.3 is 6.18 Å². The number of nitrogen functional groups attached to an aromatic ring is 1. The van der Waals surface area contributed by atoms with E-state index in [1.165, 1.54) is 37.8 Å². The molecule has 1 aliphatic rings. The molecule has 0 spiro atoms. The number of hydrogen-bond acceptors (Lipinski definition) is 7. The molecule has 0 bridgehead atoms. The fraction of sp³-hybridized carbons (Fsp3) is 0.545. The first-order valence-corrected chi connectivity index (χ1v) is 11.8. The summed E-state index contributed by atoms with van der Waals surface area (Å²) in [6, 6.07) is 5.19. The average molecular weight is 488 g/mol. The number of anilines is 2. The number of alkyl halides is 3. The molecule has 1 aliphatic heterocycles. The Morgan fingerprint density at radius 1 is 1.18 bits per heavy atom. The zero-order valence-electron chi connectivity index (χ0n) is 19.2. The van der Waals surface area contributed by atoms with E-state index < -0.39 is 17.6 Å². The molecule has 1 aromatic carbocycles. The first kappa shape index (κ1) is 26.7. The highest BCUT2D eigenvalue weighted by Crippen LogP contribution is 2.37. The molecule has 1 amide bonds. The minimum absolute atomic E-state index is 0.0926. The number of rotatable bonds is 7. The van der Waals surface area contributed by atoms with Crippen molar-refractivity contribution in [2.45, 2.75) is 45.9 Å². The summed E-state index contributed by atoms with van der Waals surface area (Å²) < 4.78 is 44.7. The summed E-state index contributed by atoms with van der Waals surface area (Å²) in [5, 5.41) is 0.574. The molecule has 2 aromatic rings. The van der Waals surface area contributed by atoms with Crippen LogP contribution in [0.1, 0.15) is 48.8 Å². The number of hydrogen-bond donors (Lipinski definition) is 2. The minimum Gasteiger partial charge on any atom is -0.490 e. The lowest BCUT2D eigenvalue weighted by Crippen LogP contribution is -2.38. The number of nitrogens with two attached hydrogens (primary N) is 2. The minimum atomic E-state index is -4.46. The number of nitrogens with zero attached hydrogens (tertiary/aromatic N) is 3. The molecule has 1 aromatic heterocycles. The predicted octanol–water partition coefficient (Wildman–Crippen LogP) is 4.24. The Morgan fingerprint density at radius 3 is 2.21 bits per heavy atom. The maximum absolute atomic E-state index is 13.0. The number of thiazole rings is 1. The second kappa shape index (κ2) is 12.1. The summed E-state index contributed by atoms with van der Waals surface area (Å²) in [6.45, 7) is 11.2. The summed E-state index contributed by atoms with van der Waals surface area (Å²) in [5.41, 5.74) is 10.1. The van der Waals surface area contributed by atoms with Gasteiger partial charge in [0, 0.05) is 25.9 Å². The second-order valence-electron chi connectivity index (χ2n) is 7.49. The van der Waals surface area contributed by atoms with Crippen molar-refractivity contribution in [2.24, 2.45) is 5.73 Å². The maximum atomic E-state index is 13.0. The van der Waals surface area contributed by atoms with Gasteiger partial charge in [-0.05, 0) is 31.8 Å². The van der Waals surface area contributed by atoms with Gasteiger partial charge in [-0.25, -0.2) is 4.98 Å². The third-order valence-corrected chi connectivity index (χ3v) is 6.55. The Morgan fingerprint density at radius 2 is 1.76 bits per heavy atom. The van der Waals surface area contributed by atoms with Crippen LogP contribution in [0.15, 0.2) is 24.3 Å². The summed E-state index contributed by atoms with van der Waals surface area (Å²) in [6.07, 6.45) is -3.74. The number of carbonyl (C=O) groups excluding carboxylic acids is 1. The van der Waals surface area contributed by atoms with Crippen LogP contribution in [0.4, 0.5) is 24.1 Å². The van der Waals surface area contributed by atoms with Gasteiger partial charge < -0.3 is 26.0 Å². The monoisotopic (exact) mass is 487 g/mol. The molecule has 0 saturated carbocycles. The average Bonchev–Trinajstić information content (AvgIpc) is 3.17. The summed E-state index contributed by atoms with van der Waals surface area (Å²) in [5.74, 6) is -0.698. The molecule has 3 rings (SSSR count). The Hall–Kier alpha value is -2.53. The van der Waals surface area contributed by atoms with Crippen molar-refractivity contribution < 1.29 is 22.7 Å². The quantitative estimate of drug-likeness (QED) is 0.606. The van der Waals surface area contributed by atoms with Crippen LogP contribution in [0.3, 0.4) is 0 Å². The van der Waals surface area contributed by atoms with Gasteiger partial charge in [0.2, 0.25) is 0 Å². The highest BCUT2D eigenvalue weighted by atomic mass is 32.1. The number of para-hydroxylation sites is 1. The van der Waals surface area contributed by atoms with Crippen LogP contribution < -0.4 is 21.1 Å². The van der Waals surface area contributed by atoms with Crippen LogP contribution in [-0.2, 0) is 6.18 Å². The summed E-state index contributed by atoms with van der Waals surface area (Å²) in [7, 11) is 0. The van der Waals surface area contributed by atoms with Crippen LogP contribution in [0, 0.1) is 0 Å². The van der Waals surface area contributed by atoms with Crippen molar-refractivity contribution in [3.05, 3.63) is 34.7 Å². The third kappa shape index (κ3) is 7.50. The van der Waals surface area contributed by atoms with E-state index in [1.807, 2.05) is 4.90 Å². The van der Waals surface area contributed by atoms with E-state index in [-0.39, 0.29) is 22.5 Å². The van der Waals surface area contributed by atoms with Gasteiger partial charge in [-0.3, -0.25) is 4.79 Å². The van der Waals surface area contributed by atoms with Crippen LogP contribution >= 0.6 is 11.3 Å². The van der Waals surface area contributed by atoms with Crippen molar-refractivity contribution in [1.29, 1.82) is 0 Å². The fourth-order valence-corrected chi connectivity index (χ4v) is 4.34. The number of carbonyl (C=O) groups is 1. The first-order valence-electron chi connectivity index (χ1n) is 11.0. The zero-order chi connectivity index (χ0) is 24.6. The highest BCUT2D eigenvalue weighted by molar-refractivity contribution is 7.18. The SMILES string of the molecule is CCN(CC)CC.NC(=O)c1sc(N2CCC(Oc3ccccc3C(F)(F)F)CC2)nc1N. The summed E-state index contributed by atoms with van der Waals surface area (Å²) in [4.78, 5) is 19.9. The van der Waals surface area contributed by atoms with Crippen molar-refractivity contribution in [3.63, 3.8) is 0 Å². The van der Waals surface area contributed by atoms with Crippen LogP contribution in [0.2, 0.25) is 0 Å². The molecule has 2 heterocycles. The van der Waals surface area contributed by atoms with Crippen LogP contribution in [-0.4, -0.2) is 54.6 Å². The first-order chi connectivity index (χ1) is 15.6. The lowest BCUT2D eigenvalue weighted by atomic mass is 10.1. The number of benzene rings is 1. The molecule has 11 heteroatoms. The Labute approximate surface area is 196 Å². The molecule has 1 fully saturated rings. The third-order valence-electron chi connectivity index (χ3n) is 5.41. The Kier molecular flexibility index (Phi) is 9.78. The zero-order valence-corrected chi connectivity index (χ0v) is 20.0. The standard InChI is InChI=1S/C16H17F3N4O2S.C6H15N/c17-16(18,19)10-3-1-2-4-11(10)25-9-5-7-23(8-6-9)15-22-13(20)12(26-15)14(21)24;1-4-7(5-2)6-3/h1-4,9H,5-8,20H2,(H2,21,24);4-6H2,1-3H3. The molecule has 0 unspecified atom stereocenters. The van der Waals surface area contributed by atoms with E-state index >= 15 is 0 Å². The van der Waals surface area contributed by atoms with E-state index in [9.17, 15) is 18.0 Å². The van der Waals surface area contributed by atoms with Crippen molar-refractivity contribution in [3.8, 4) is 5.75 Å². The van der Waals surface area contributed by atoms with Gasteiger partial charge in [-0.15, -0.1) is 0 Å². The number of amides is 1. The normalized spacial score (nSPS) is 14.7. The Bertz CT molecular complexity index is 889. The predicted molar refractivity (Wildman–Crippen MR) is 126 cm³/mol. The molecule has 7 nitrogen and oxygen atoms in total. The van der Waals surface area contributed by atoms with Gasteiger partial charge in [0.15, 0.2) is 5.13 Å². The van der Waals surface area contributed by atoms with Gasteiger partial charge in [-0.2, -0.15) is 13.2 Å². The number of halogens is 3. The van der Waals surface area contributed by atoms with Crippen LogP contribution in [0.5, 0.6) is 5.75 Å². The van der Waals surface area contributed by atoms with Crippen molar-refractivity contribution in [2.75, 3.05) is 43.4 Å². The maximum Gasteiger partial charge on any atom is 0.419 e. The molecule has 0 aliphatic carbocycles. The van der Waals surface area contributed by atoms with Crippen molar-refractivity contribution >= 4 is 28.2 Å². The number of piperidine rings is 1. The van der Waals surface area contributed by atoms with E-state index in [0.717, 1.165) is 17.4 Å². The molecule has 1 saturated heterocycles. The van der Waals surface area contributed by atoms with Crippen LogP contribution in [0.25, 0.3) is 0 Å². The largest absolute Gasteiger partial charge is 0.490 e.